The maximum atomic E-state index is 12.8. The number of para-hydroxylation sites is 1. The van der Waals surface area contributed by atoms with E-state index >= 15 is 0 Å². The monoisotopic (exact) mass is 406 g/mol. The van der Waals surface area contributed by atoms with Gasteiger partial charge in [0.2, 0.25) is 5.91 Å². The molecule has 2 aromatic rings. The highest BCUT2D eigenvalue weighted by Crippen LogP contribution is 2.31. The van der Waals surface area contributed by atoms with Gasteiger partial charge in [-0.2, -0.15) is 0 Å². The number of anilines is 2. The normalized spacial score (nSPS) is 27.4. The van der Waals surface area contributed by atoms with Gasteiger partial charge in [0, 0.05) is 44.3 Å². The summed E-state index contributed by atoms with van der Waals surface area (Å²) in [5.74, 6) is 0.0888. The SMILES string of the molecule is Cc1ccccc1N1NC2C(CC1=O)NNC2c1ccc(N2CCN(C)CC2)cc1. The summed E-state index contributed by atoms with van der Waals surface area (Å²) in [5, 5.41) is 1.73. The van der Waals surface area contributed by atoms with Crippen LogP contribution in [0.5, 0.6) is 0 Å². The molecule has 0 radical (unpaired) electrons. The van der Waals surface area contributed by atoms with Gasteiger partial charge in [-0.25, -0.2) is 15.9 Å². The Labute approximate surface area is 178 Å². The molecule has 158 valence electrons. The van der Waals surface area contributed by atoms with E-state index in [2.05, 4.69) is 57.4 Å². The van der Waals surface area contributed by atoms with Crippen molar-refractivity contribution in [1.82, 2.24) is 21.2 Å². The van der Waals surface area contributed by atoms with Gasteiger partial charge in [0.05, 0.1) is 17.8 Å². The Hall–Kier alpha value is -2.45. The van der Waals surface area contributed by atoms with E-state index in [0.717, 1.165) is 37.4 Å². The molecule has 7 heteroatoms. The standard InChI is InChI=1S/C23H30N6O/c1-16-5-3-4-6-20(16)29-21(30)15-19-23(26-29)22(25-24-19)17-7-9-18(10-8-17)28-13-11-27(2)12-14-28/h3-10,19,22-26H,11-15H2,1-2H3. The molecule has 3 unspecified atom stereocenters. The van der Waals surface area contributed by atoms with E-state index < -0.39 is 0 Å². The first kappa shape index (κ1) is 19.5. The van der Waals surface area contributed by atoms with Crippen molar-refractivity contribution in [1.29, 1.82) is 0 Å². The fourth-order valence-corrected chi connectivity index (χ4v) is 4.72. The van der Waals surface area contributed by atoms with Gasteiger partial charge in [0.1, 0.15) is 0 Å². The highest BCUT2D eigenvalue weighted by atomic mass is 16.2. The Kier molecular flexibility index (Phi) is 5.20. The van der Waals surface area contributed by atoms with Crippen LogP contribution in [0.1, 0.15) is 23.6 Å². The van der Waals surface area contributed by atoms with E-state index in [0.29, 0.717) is 6.42 Å². The lowest BCUT2D eigenvalue weighted by Gasteiger charge is -2.37. The molecule has 0 saturated carbocycles. The average Bonchev–Trinajstić information content (AvgIpc) is 3.17. The predicted molar refractivity (Wildman–Crippen MR) is 119 cm³/mol. The molecule has 3 fully saturated rings. The third-order valence-corrected chi connectivity index (χ3v) is 6.62. The Morgan fingerprint density at radius 3 is 2.40 bits per heavy atom. The number of hydrogen-bond acceptors (Lipinski definition) is 6. The maximum Gasteiger partial charge on any atom is 0.243 e. The second-order valence-corrected chi connectivity index (χ2v) is 8.63. The van der Waals surface area contributed by atoms with Crippen LogP contribution < -0.4 is 26.2 Å². The summed E-state index contributed by atoms with van der Waals surface area (Å²) in [4.78, 5) is 17.6. The van der Waals surface area contributed by atoms with Crippen molar-refractivity contribution in [2.24, 2.45) is 0 Å². The van der Waals surface area contributed by atoms with E-state index in [4.69, 9.17) is 0 Å². The summed E-state index contributed by atoms with van der Waals surface area (Å²) in [6.45, 7) is 6.38. The van der Waals surface area contributed by atoms with Crippen molar-refractivity contribution in [3.8, 4) is 0 Å². The summed E-state index contributed by atoms with van der Waals surface area (Å²) in [5.41, 5.74) is 14.8. The van der Waals surface area contributed by atoms with Crippen molar-refractivity contribution >= 4 is 17.3 Å². The molecule has 5 rings (SSSR count). The van der Waals surface area contributed by atoms with Crippen molar-refractivity contribution in [3.63, 3.8) is 0 Å². The lowest BCUT2D eigenvalue weighted by atomic mass is 9.93. The maximum absolute atomic E-state index is 12.8. The first-order valence-corrected chi connectivity index (χ1v) is 10.8. The summed E-state index contributed by atoms with van der Waals surface area (Å²) in [6, 6.07) is 17.1. The molecule has 3 aliphatic rings. The number of carbonyl (C=O) groups excluding carboxylic acids is 1. The highest BCUT2D eigenvalue weighted by molar-refractivity contribution is 5.94. The average molecular weight is 407 g/mol. The molecule has 1 amide bonds. The number of carbonyl (C=O) groups is 1. The van der Waals surface area contributed by atoms with Gasteiger partial charge in [-0.15, -0.1) is 0 Å². The number of hydrogen-bond donors (Lipinski definition) is 3. The molecule has 0 aromatic heterocycles. The van der Waals surface area contributed by atoms with Crippen LogP contribution in [0, 0.1) is 6.92 Å². The molecule has 0 bridgehead atoms. The molecule has 0 spiro atoms. The van der Waals surface area contributed by atoms with Crippen LogP contribution in [-0.4, -0.2) is 56.1 Å². The van der Waals surface area contributed by atoms with Gasteiger partial charge in [-0.1, -0.05) is 30.3 Å². The van der Waals surface area contributed by atoms with E-state index in [1.807, 2.05) is 31.2 Å². The lowest BCUT2D eigenvalue weighted by Crippen LogP contribution is -2.60. The molecular formula is C23H30N6O. The summed E-state index contributed by atoms with van der Waals surface area (Å²) < 4.78 is 0. The first-order valence-electron chi connectivity index (χ1n) is 10.8. The molecule has 3 aliphatic heterocycles. The van der Waals surface area contributed by atoms with Crippen LogP contribution in [0.3, 0.4) is 0 Å². The minimum atomic E-state index is 0.0695. The third-order valence-electron chi connectivity index (χ3n) is 6.62. The van der Waals surface area contributed by atoms with Crippen LogP contribution in [0.25, 0.3) is 0 Å². The smallest absolute Gasteiger partial charge is 0.243 e. The molecule has 30 heavy (non-hydrogen) atoms. The van der Waals surface area contributed by atoms with Gasteiger partial charge in [0.15, 0.2) is 0 Å². The van der Waals surface area contributed by atoms with E-state index in [1.165, 1.54) is 11.3 Å². The number of piperazine rings is 1. The quantitative estimate of drug-likeness (QED) is 0.719. The third kappa shape index (κ3) is 3.58. The second kappa shape index (κ2) is 8.00. The number of fused-ring (bicyclic) bond motifs is 1. The van der Waals surface area contributed by atoms with Crippen LogP contribution in [0.15, 0.2) is 48.5 Å². The number of nitrogens with one attached hydrogen (secondary N) is 3. The Balaban J connectivity index is 1.33. The molecule has 2 aromatic carbocycles. The van der Waals surface area contributed by atoms with Crippen LogP contribution in [0.2, 0.25) is 0 Å². The Bertz CT molecular complexity index is 908. The molecular weight excluding hydrogens is 376 g/mol. The number of amides is 1. The van der Waals surface area contributed by atoms with Gasteiger partial charge in [-0.05, 0) is 43.3 Å². The first-order chi connectivity index (χ1) is 14.6. The minimum Gasteiger partial charge on any atom is -0.369 e. The summed E-state index contributed by atoms with van der Waals surface area (Å²) >= 11 is 0. The van der Waals surface area contributed by atoms with E-state index in [1.54, 1.807) is 5.01 Å². The fraction of sp³-hybridized carbons (Fsp3) is 0.435. The second-order valence-electron chi connectivity index (χ2n) is 8.63. The topological polar surface area (TPSA) is 62.9 Å². The van der Waals surface area contributed by atoms with Gasteiger partial charge >= 0.3 is 0 Å². The molecule has 3 heterocycles. The highest BCUT2D eigenvalue weighted by Gasteiger charge is 2.44. The molecule has 3 N–H and O–H groups in total. The molecule has 7 nitrogen and oxygen atoms in total. The van der Waals surface area contributed by atoms with Crippen LogP contribution >= 0.6 is 0 Å². The van der Waals surface area contributed by atoms with E-state index in [-0.39, 0.29) is 24.0 Å². The van der Waals surface area contributed by atoms with Crippen molar-refractivity contribution < 1.29 is 4.79 Å². The fourth-order valence-electron chi connectivity index (χ4n) is 4.72. The largest absolute Gasteiger partial charge is 0.369 e. The predicted octanol–water partition coefficient (Wildman–Crippen LogP) is 1.57. The lowest BCUT2D eigenvalue weighted by molar-refractivity contribution is -0.121. The van der Waals surface area contributed by atoms with Gasteiger partial charge in [0.25, 0.3) is 0 Å². The van der Waals surface area contributed by atoms with Crippen molar-refractivity contribution in [3.05, 3.63) is 59.7 Å². The van der Waals surface area contributed by atoms with Gasteiger partial charge in [-0.3, -0.25) is 10.2 Å². The minimum absolute atomic E-state index is 0.0695. The summed E-state index contributed by atoms with van der Waals surface area (Å²) in [7, 11) is 2.18. The van der Waals surface area contributed by atoms with Crippen LogP contribution in [-0.2, 0) is 4.79 Å². The molecule has 3 atom stereocenters. The number of likely N-dealkylation sites (N-methyl/N-ethyl adjacent to an activating group) is 1. The zero-order valence-corrected chi connectivity index (χ0v) is 17.6. The number of benzene rings is 2. The Morgan fingerprint density at radius 2 is 1.67 bits per heavy atom. The van der Waals surface area contributed by atoms with Crippen molar-refractivity contribution in [2.45, 2.75) is 31.5 Å². The number of aryl methyl sites for hydroxylation is 1. The van der Waals surface area contributed by atoms with Gasteiger partial charge < -0.3 is 9.80 Å². The van der Waals surface area contributed by atoms with Crippen molar-refractivity contribution in [2.75, 3.05) is 43.1 Å². The Morgan fingerprint density at radius 1 is 0.933 bits per heavy atom. The number of nitrogens with zero attached hydrogens (tertiary/aromatic N) is 3. The number of rotatable bonds is 3. The number of hydrazine groups is 2. The molecule has 0 aliphatic carbocycles. The van der Waals surface area contributed by atoms with E-state index in [9.17, 15) is 4.79 Å². The summed E-state index contributed by atoms with van der Waals surface area (Å²) in [6.07, 6.45) is 0.467. The van der Waals surface area contributed by atoms with Crippen LogP contribution in [0.4, 0.5) is 11.4 Å². The zero-order chi connectivity index (χ0) is 20.7. The zero-order valence-electron chi connectivity index (χ0n) is 17.6. The molecule has 3 saturated heterocycles.